The maximum Gasteiger partial charge on any atom is 0.201 e. The number of carbonyl (C=O) groups excluding carboxylic acids is 1. The van der Waals surface area contributed by atoms with Crippen molar-refractivity contribution in [3.63, 3.8) is 0 Å². The quantitative estimate of drug-likeness (QED) is 0.442. The van der Waals surface area contributed by atoms with Crippen LogP contribution in [0.5, 0.6) is 0 Å². The highest BCUT2D eigenvalue weighted by Gasteiger charge is 2.36. The van der Waals surface area contributed by atoms with Gasteiger partial charge in [0, 0.05) is 6.42 Å². The molecular formula is C7H10O5. The summed E-state index contributed by atoms with van der Waals surface area (Å²) < 4.78 is 0. The topological polar surface area (TPSA) is 98.0 Å². The first kappa shape index (κ1) is 9.02. The summed E-state index contributed by atoms with van der Waals surface area (Å²) in [4.78, 5) is 10.8. The van der Waals surface area contributed by atoms with Crippen LogP contribution in [0.3, 0.4) is 0 Å². The van der Waals surface area contributed by atoms with E-state index in [0.717, 1.165) is 0 Å². The van der Waals surface area contributed by atoms with Gasteiger partial charge in [-0.2, -0.15) is 0 Å². The van der Waals surface area contributed by atoms with E-state index >= 15 is 0 Å². The van der Waals surface area contributed by atoms with Crippen molar-refractivity contribution in [2.75, 3.05) is 6.61 Å². The minimum absolute atomic E-state index is 0.153. The molecule has 0 saturated carbocycles. The molecule has 0 saturated heterocycles. The Morgan fingerprint density at radius 2 is 2.08 bits per heavy atom. The minimum atomic E-state index is -1.20. The first-order valence-electron chi connectivity index (χ1n) is 3.52. The Morgan fingerprint density at radius 3 is 2.42 bits per heavy atom. The third-order valence-corrected chi connectivity index (χ3v) is 1.91. The first-order chi connectivity index (χ1) is 5.57. The summed E-state index contributed by atoms with van der Waals surface area (Å²) in [7, 11) is 0. The predicted octanol–water partition coefficient (Wildman–Crippen LogP) is -0.744. The van der Waals surface area contributed by atoms with E-state index in [1.165, 1.54) is 0 Å². The van der Waals surface area contributed by atoms with Crippen molar-refractivity contribution in [3.8, 4) is 0 Å². The molecule has 0 amide bonds. The smallest absolute Gasteiger partial charge is 0.201 e. The van der Waals surface area contributed by atoms with Gasteiger partial charge in [-0.3, -0.25) is 4.79 Å². The molecular weight excluding hydrogens is 164 g/mol. The molecule has 1 rings (SSSR count). The molecule has 5 nitrogen and oxygen atoms in total. The largest absolute Gasteiger partial charge is 0.508 e. The fraction of sp³-hybridized carbons (Fsp3) is 0.571. The zero-order chi connectivity index (χ0) is 9.30. The summed E-state index contributed by atoms with van der Waals surface area (Å²) in [6.45, 7) is -0.546. The van der Waals surface area contributed by atoms with E-state index in [2.05, 4.69) is 0 Å². The maximum absolute atomic E-state index is 10.8. The van der Waals surface area contributed by atoms with E-state index in [4.69, 9.17) is 20.4 Å². The van der Waals surface area contributed by atoms with Crippen LogP contribution in [0.25, 0.3) is 0 Å². The Balaban J connectivity index is 2.80. The van der Waals surface area contributed by atoms with Gasteiger partial charge in [0.15, 0.2) is 5.76 Å². The van der Waals surface area contributed by atoms with Gasteiger partial charge in [0.25, 0.3) is 0 Å². The number of hydrogen-bond donors (Lipinski definition) is 4. The number of ketones is 1. The molecule has 4 N–H and O–H groups in total. The molecule has 0 aromatic rings. The lowest BCUT2D eigenvalue weighted by molar-refractivity contribution is -0.118. The van der Waals surface area contributed by atoms with Gasteiger partial charge in [-0.1, -0.05) is 0 Å². The molecule has 0 spiro atoms. The zero-order valence-electron chi connectivity index (χ0n) is 6.27. The summed E-state index contributed by atoms with van der Waals surface area (Å²) in [6, 6.07) is 0. The number of Topliss-reactive ketones (excluding diaryl/α,β-unsaturated/α-hetero) is 1. The van der Waals surface area contributed by atoms with Crippen LogP contribution >= 0.6 is 0 Å². The molecule has 5 heteroatoms. The molecule has 0 aliphatic heterocycles. The van der Waals surface area contributed by atoms with Crippen LogP contribution in [-0.4, -0.2) is 38.9 Å². The lowest BCUT2D eigenvalue weighted by Crippen LogP contribution is -2.24. The van der Waals surface area contributed by atoms with Crippen LogP contribution in [0.4, 0.5) is 0 Å². The molecule has 0 unspecified atom stereocenters. The summed E-state index contributed by atoms with van der Waals surface area (Å²) in [5, 5.41) is 35.5. The number of aliphatic hydroxyl groups is 4. The molecule has 0 fully saturated rings. The average molecular weight is 174 g/mol. The fourth-order valence-corrected chi connectivity index (χ4v) is 1.16. The van der Waals surface area contributed by atoms with Gasteiger partial charge in [0.05, 0.1) is 18.6 Å². The summed E-state index contributed by atoms with van der Waals surface area (Å²) in [5.41, 5.74) is 0. The van der Waals surface area contributed by atoms with Gasteiger partial charge in [0.1, 0.15) is 5.76 Å². The number of aliphatic hydroxyl groups excluding tert-OH is 4. The minimum Gasteiger partial charge on any atom is -0.508 e. The van der Waals surface area contributed by atoms with Gasteiger partial charge in [-0.15, -0.1) is 0 Å². The van der Waals surface area contributed by atoms with Crippen molar-refractivity contribution in [3.05, 3.63) is 11.5 Å². The van der Waals surface area contributed by atoms with Crippen LogP contribution in [-0.2, 0) is 4.79 Å². The summed E-state index contributed by atoms with van der Waals surface area (Å²) in [6.07, 6.45) is -1.35. The second-order valence-electron chi connectivity index (χ2n) is 2.72. The fourth-order valence-electron chi connectivity index (χ4n) is 1.16. The third kappa shape index (κ3) is 1.28. The van der Waals surface area contributed by atoms with Gasteiger partial charge in [-0.25, -0.2) is 0 Å². The molecule has 68 valence electrons. The number of hydrogen-bond acceptors (Lipinski definition) is 5. The highest BCUT2D eigenvalue weighted by Crippen LogP contribution is 2.28. The van der Waals surface area contributed by atoms with Crippen LogP contribution in [0.1, 0.15) is 6.42 Å². The van der Waals surface area contributed by atoms with Gasteiger partial charge in [-0.05, 0) is 0 Å². The van der Waals surface area contributed by atoms with E-state index in [0.29, 0.717) is 0 Å². The molecule has 0 aromatic carbocycles. The van der Waals surface area contributed by atoms with Crippen molar-refractivity contribution in [1.29, 1.82) is 0 Å². The molecule has 12 heavy (non-hydrogen) atoms. The highest BCUT2D eigenvalue weighted by molar-refractivity contribution is 5.96. The molecule has 1 aliphatic carbocycles. The standard InChI is InChI=1S/C7H10O5/c8-2-5(10)3-1-4(9)7(12)6(3)11/h3,5,8,10-12H,1-2H2/t3-,5+/m1/s1. The third-order valence-electron chi connectivity index (χ3n) is 1.91. The molecule has 0 heterocycles. The molecule has 0 bridgehead atoms. The number of carbonyl (C=O) groups is 1. The van der Waals surface area contributed by atoms with Crippen LogP contribution in [0.15, 0.2) is 11.5 Å². The normalized spacial score (nSPS) is 26.5. The van der Waals surface area contributed by atoms with E-state index in [-0.39, 0.29) is 6.42 Å². The van der Waals surface area contributed by atoms with E-state index < -0.39 is 35.9 Å². The average Bonchev–Trinajstić information content (AvgIpc) is 2.32. The summed E-state index contributed by atoms with van der Waals surface area (Å²) in [5.74, 6) is -2.69. The second kappa shape index (κ2) is 3.12. The van der Waals surface area contributed by atoms with Crippen molar-refractivity contribution in [1.82, 2.24) is 0 Å². The Morgan fingerprint density at radius 1 is 1.50 bits per heavy atom. The molecule has 0 aromatic heterocycles. The molecule has 0 radical (unpaired) electrons. The van der Waals surface area contributed by atoms with Gasteiger partial charge >= 0.3 is 0 Å². The van der Waals surface area contributed by atoms with Crippen molar-refractivity contribution >= 4 is 5.78 Å². The maximum atomic E-state index is 10.8. The van der Waals surface area contributed by atoms with E-state index in [1.54, 1.807) is 0 Å². The van der Waals surface area contributed by atoms with E-state index in [9.17, 15) is 4.79 Å². The van der Waals surface area contributed by atoms with Crippen LogP contribution in [0.2, 0.25) is 0 Å². The Bertz CT molecular complexity index is 232. The van der Waals surface area contributed by atoms with Crippen LogP contribution in [0, 0.1) is 5.92 Å². The van der Waals surface area contributed by atoms with Crippen molar-refractivity contribution < 1.29 is 25.2 Å². The molecule has 2 atom stereocenters. The second-order valence-corrected chi connectivity index (χ2v) is 2.72. The monoisotopic (exact) mass is 174 g/mol. The van der Waals surface area contributed by atoms with Gasteiger partial charge < -0.3 is 20.4 Å². The Kier molecular flexibility index (Phi) is 2.35. The SMILES string of the molecule is O=C1C[C@H]([C@@H](O)CO)C(O)=C1O. The highest BCUT2D eigenvalue weighted by atomic mass is 16.3. The van der Waals surface area contributed by atoms with Gasteiger partial charge in [0.2, 0.25) is 5.78 Å². The Labute approximate surface area is 68.6 Å². The lowest BCUT2D eigenvalue weighted by Gasteiger charge is -2.13. The van der Waals surface area contributed by atoms with Crippen molar-refractivity contribution in [2.45, 2.75) is 12.5 Å². The van der Waals surface area contributed by atoms with E-state index in [1.807, 2.05) is 0 Å². The molecule has 1 aliphatic rings. The predicted molar refractivity (Wildman–Crippen MR) is 38.5 cm³/mol. The number of rotatable bonds is 2. The zero-order valence-corrected chi connectivity index (χ0v) is 6.27. The summed E-state index contributed by atoms with van der Waals surface area (Å²) >= 11 is 0. The first-order valence-corrected chi connectivity index (χ1v) is 3.52. The van der Waals surface area contributed by atoms with Crippen molar-refractivity contribution in [2.24, 2.45) is 5.92 Å². The lowest BCUT2D eigenvalue weighted by atomic mass is 10.0. The Hall–Kier alpha value is -1.07. The number of allylic oxidation sites excluding steroid dienone is 1. The van der Waals surface area contributed by atoms with Crippen LogP contribution < -0.4 is 0 Å².